The molecule has 2 aliphatic rings. The Bertz CT molecular complexity index is 1090. The molecule has 2 amide bonds. The Morgan fingerprint density at radius 1 is 1.03 bits per heavy atom. The lowest BCUT2D eigenvalue weighted by atomic mass is 10.0. The van der Waals surface area contributed by atoms with Crippen LogP contribution in [0.5, 0.6) is 5.75 Å². The second-order valence-corrected chi connectivity index (χ2v) is 8.96. The Balaban J connectivity index is 1.36. The molecule has 0 aromatic heterocycles. The zero-order valence-corrected chi connectivity index (χ0v) is 19.6. The number of ether oxygens (including phenoxy) is 1. The molecule has 2 atom stereocenters. The standard InChI is InChI=1S/C26H29N3O6/c1-17(30)35-22-10-4-18(5-11-22)14-23(26(33)34)27-25(32)19-15-24(31)29(16-19)21-8-6-20(7-9-21)28-12-2-3-13-28/h4-11,19,23H,2-3,12-16H2,1H3,(H,27,32)(H,33,34). The van der Waals surface area contributed by atoms with Crippen molar-refractivity contribution in [2.45, 2.75) is 38.6 Å². The van der Waals surface area contributed by atoms with Gasteiger partial charge in [-0.15, -0.1) is 0 Å². The molecule has 184 valence electrons. The Kier molecular flexibility index (Phi) is 7.33. The molecular formula is C26H29N3O6. The Hall–Kier alpha value is -3.88. The van der Waals surface area contributed by atoms with E-state index in [1.54, 1.807) is 29.2 Å². The van der Waals surface area contributed by atoms with Gasteiger partial charge in [-0.1, -0.05) is 12.1 Å². The van der Waals surface area contributed by atoms with Crippen molar-refractivity contribution in [3.63, 3.8) is 0 Å². The quantitative estimate of drug-likeness (QED) is 0.441. The van der Waals surface area contributed by atoms with E-state index in [1.165, 1.54) is 19.8 Å². The highest BCUT2D eigenvalue weighted by Gasteiger charge is 2.36. The molecule has 0 spiro atoms. The normalized spacial score (nSPS) is 18.4. The molecule has 2 fully saturated rings. The second-order valence-electron chi connectivity index (χ2n) is 8.96. The van der Waals surface area contributed by atoms with Crippen LogP contribution in [0.1, 0.15) is 31.7 Å². The molecule has 35 heavy (non-hydrogen) atoms. The fourth-order valence-electron chi connectivity index (χ4n) is 4.54. The van der Waals surface area contributed by atoms with Crippen molar-refractivity contribution in [1.29, 1.82) is 0 Å². The van der Waals surface area contributed by atoms with Gasteiger partial charge in [0.2, 0.25) is 11.8 Å². The molecule has 0 saturated carbocycles. The fourth-order valence-corrected chi connectivity index (χ4v) is 4.54. The van der Waals surface area contributed by atoms with Gasteiger partial charge in [0.1, 0.15) is 11.8 Å². The summed E-state index contributed by atoms with van der Waals surface area (Å²) in [6, 6.07) is 13.1. The number of rotatable bonds is 8. The number of carboxylic acids is 1. The molecule has 2 aliphatic heterocycles. The maximum Gasteiger partial charge on any atom is 0.326 e. The monoisotopic (exact) mass is 479 g/mol. The van der Waals surface area contributed by atoms with Gasteiger partial charge in [-0.25, -0.2) is 4.79 Å². The first-order chi connectivity index (χ1) is 16.8. The topological polar surface area (TPSA) is 116 Å². The summed E-state index contributed by atoms with van der Waals surface area (Å²) in [5.41, 5.74) is 2.52. The second kappa shape index (κ2) is 10.6. The largest absolute Gasteiger partial charge is 0.480 e. The third kappa shape index (κ3) is 5.98. The zero-order chi connectivity index (χ0) is 24.9. The number of hydrogen-bond acceptors (Lipinski definition) is 6. The lowest BCUT2D eigenvalue weighted by Crippen LogP contribution is -2.45. The Morgan fingerprint density at radius 3 is 2.26 bits per heavy atom. The van der Waals surface area contributed by atoms with Crippen molar-refractivity contribution < 1.29 is 29.0 Å². The van der Waals surface area contributed by atoms with E-state index < -0.39 is 29.8 Å². The molecule has 0 bridgehead atoms. The van der Waals surface area contributed by atoms with Crippen molar-refractivity contribution in [1.82, 2.24) is 5.32 Å². The number of carbonyl (C=O) groups excluding carboxylic acids is 3. The van der Waals surface area contributed by atoms with Crippen LogP contribution in [0.25, 0.3) is 0 Å². The van der Waals surface area contributed by atoms with Crippen molar-refractivity contribution in [2.75, 3.05) is 29.4 Å². The lowest BCUT2D eigenvalue weighted by Gasteiger charge is -2.21. The van der Waals surface area contributed by atoms with E-state index in [-0.39, 0.29) is 25.3 Å². The number of hydrogen-bond donors (Lipinski definition) is 2. The first-order valence-corrected chi connectivity index (χ1v) is 11.8. The maximum absolute atomic E-state index is 12.9. The number of esters is 1. The summed E-state index contributed by atoms with van der Waals surface area (Å²) in [5, 5.41) is 12.2. The van der Waals surface area contributed by atoms with E-state index in [2.05, 4.69) is 10.2 Å². The molecule has 4 rings (SSSR count). The SMILES string of the molecule is CC(=O)Oc1ccc(CC(NC(=O)C2CC(=O)N(c3ccc(N4CCCC4)cc3)C2)C(=O)O)cc1. The van der Waals surface area contributed by atoms with Crippen molar-refractivity contribution >= 4 is 35.1 Å². The maximum atomic E-state index is 12.9. The molecule has 2 aromatic carbocycles. The average molecular weight is 480 g/mol. The molecular weight excluding hydrogens is 450 g/mol. The molecule has 2 unspecified atom stereocenters. The number of benzene rings is 2. The summed E-state index contributed by atoms with van der Waals surface area (Å²) in [6.07, 6.45) is 2.45. The minimum atomic E-state index is -1.17. The van der Waals surface area contributed by atoms with Gasteiger partial charge in [0, 0.05) is 50.8 Å². The minimum absolute atomic E-state index is 0.0309. The van der Waals surface area contributed by atoms with Gasteiger partial charge in [-0.05, 0) is 54.8 Å². The number of carboxylic acid groups (broad SMARTS) is 1. The van der Waals surface area contributed by atoms with Crippen LogP contribution in [0.2, 0.25) is 0 Å². The number of aliphatic carboxylic acids is 1. The van der Waals surface area contributed by atoms with Crippen LogP contribution >= 0.6 is 0 Å². The third-order valence-corrected chi connectivity index (χ3v) is 6.37. The van der Waals surface area contributed by atoms with Gasteiger partial charge in [0.15, 0.2) is 0 Å². The van der Waals surface area contributed by atoms with Crippen LogP contribution in [0.4, 0.5) is 11.4 Å². The Labute approximate surface area is 203 Å². The number of amides is 2. The molecule has 0 radical (unpaired) electrons. The molecule has 2 heterocycles. The first kappa shape index (κ1) is 24.3. The van der Waals surface area contributed by atoms with Crippen molar-refractivity contribution in [2.24, 2.45) is 5.92 Å². The number of nitrogens with one attached hydrogen (secondary N) is 1. The minimum Gasteiger partial charge on any atom is -0.480 e. The predicted molar refractivity (Wildman–Crippen MR) is 129 cm³/mol. The third-order valence-electron chi connectivity index (χ3n) is 6.37. The molecule has 2 saturated heterocycles. The molecule has 9 nitrogen and oxygen atoms in total. The Morgan fingerprint density at radius 2 is 1.66 bits per heavy atom. The summed E-state index contributed by atoms with van der Waals surface area (Å²) in [5.74, 6) is -2.51. The van der Waals surface area contributed by atoms with E-state index in [4.69, 9.17) is 4.74 Å². The lowest BCUT2D eigenvalue weighted by molar-refractivity contribution is -0.142. The average Bonchev–Trinajstić information content (AvgIpc) is 3.50. The summed E-state index contributed by atoms with van der Waals surface area (Å²) < 4.78 is 4.98. The molecule has 2 N–H and O–H groups in total. The van der Waals surface area contributed by atoms with Crippen LogP contribution in [-0.2, 0) is 25.6 Å². The summed E-state index contributed by atoms with van der Waals surface area (Å²) in [7, 11) is 0. The summed E-state index contributed by atoms with van der Waals surface area (Å²) in [6.45, 7) is 3.57. The van der Waals surface area contributed by atoms with E-state index in [0.717, 1.165) is 24.5 Å². The van der Waals surface area contributed by atoms with E-state index in [0.29, 0.717) is 11.3 Å². The first-order valence-electron chi connectivity index (χ1n) is 11.8. The van der Waals surface area contributed by atoms with Crippen LogP contribution in [0, 0.1) is 5.92 Å². The van der Waals surface area contributed by atoms with Gasteiger partial charge < -0.3 is 25.0 Å². The highest BCUT2D eigenvalue weighted by molar-refractivity contribution is 6.01. The van der Waals surface area contributed by atoms with E-state index in [1.807, 2.05) is 24.3 Å². The number of carbonyl (C=O) groups is 4. The molecule has 9 heteroatoms. The van der Waals surface area contributed by atoms with E-state index in [9.17, 15) is 24.3 Å². The fraction of sp³-hybridized carbons (Fsp3) is 0.385. The van der Waals surface area contributed by atoms with Gasteiger partial charge in [-0.3, -0.25) is 14.4 Å². The highest BCUT2D eigenvalue weighted by atomic mass is 16.5. The van der Waals surface area contributed by atoms with Crippen LogP contribution in [-0.4, -0.2) is 54.5 Å². The predicted octanol–water partition coefficient (Wildman–Crippen LogP) is 2.38. The summed E-state index contributed by atoms with van der Waals surface area (Å²) >= 11 is 0. The van der Waals surface area contributed by atoms with Crippen LogP contribution in [0.15, 0.2) is 48.5 Å². The van der Waals surface area contributed by atoms with Crippen molar-refractivity contribution in [3.05, 3.63) is 54.1 Å². The van der Waals surface area contributed by atoms with Gasteiger partial charge in [0.25, 0.3) is 0 Å². The zero-order valence-electron chi connectivity index (χ0n) is 19.6. The molecule has 2 aromatic rings. The van der Waals surface area contributed by atoms with Gasteiger partial charge in [-0.2, -0.15) is 0 Å². The van der Waals surface area contributed by atoms with Crippen LogP contribution in [0.3, 0.4) is 0 Å². The van der Waals surface area contributed by atoms with Gasteiger partial charge >= 0.3 is 11.9 Å². The van der Waals surface area contributed by atoms with Crippen LogP contribution < -0.4 is 19.9 Å². The number of anilines is 2. The van der Waals surface area contributed by atoms with Crippen molar-refractivity contribution in [3.8, 4) is 5.75 Å². The smallest absolute Gasteiger partial charge is 0.326 e. The number of nitrogens with zero attached hydrogens (tertiary/aromatic N) is 2. The van der Waals surface area contributed by atoms with Gasteiger partial charge in [0.05, 0.1) is 5.92 Å². The van der Waals surface area contributed by atoms with E-state index >= 15 is 0 Å². The molecule has 0 aliphatic carbocycles. The highest BCUT2D eigenvalue weighted by Crippen LogP contribution is 2.28. The summed E-state index contributed by atoms with van der Waals surface area (Å²) in [4.78, 5) is 52.2.